The molecule has 1 aromatic rings. The maximum Gasteiger partial charge on any atom is 0.390 e. The number of ether oxygens (including phenoxy) is 1. The van der Waals surface area contributed by atoms with Crippen molar-refractivity contribution in [3.8, 4) is 0 Å². The van der Waals surface area contributed by atoms with Gasteiger partial charge < -0.3 is 15.8 Å². The van der Waals surface area contributed by atoms with E-state index < -0.39 is 12.6 Å². The summed E-state index contributed by atoms with van der Waals surface area (Å²) in [6.07, 6.45) is -5.13. The maximum atomic E-state index is 12.0. The lowest BCUT2D eigenvalue weighted by Gasteiger charge is -2.10. The summed E-state index contributed by atoms with van der Waals surface area (Å²) in [7, 11) is 0. The fraction of sp³-hybridized carbons (Fsp3) is 0.600. The van der Waals surface area contributed by atoms with Crippen molar-refractivity contribution < 1.29 is 17.9 Å². The first-order valence-corrected chi connectivity index (χ1v) is 5.42. The molecule has 0 amide bonds. The van der Waals surface area contributed by atoms with Crippen LogP contribution in [0.5, 0.6) is 0 Å². The minimum Gasteiger partial charge on any atom is -0.384 e. The van der Waals surface area contributed by atoms with Crippen LogP contribution in [0.1, 0.15) is 19.2 Å². The topological polar surface area (TPSA) is 73.1 Å². The highest BCUT2D eigenvalue weighted by Crippen LogP contribution is 2.19. The molecule has 1 aromatic heterocycles. The van der Waals surface area contributed by atoms with Gasteiger partial charge in [0.1, 0.15) is 18.2 Å². The summed E-state index contributed by atoms with van der Waals surface area (Å²) < 4.78 is 41.0. The van der Waals surface area contributed by atoms with Crippen molar-refractivity contribution in [2.24, 2.45) is 0 Å². The number of halogens is 3. The van der Waals surface area contributed by atoms with E-state index in [1.807, 2.05) is 6.92 Å². The van der Waals surface area contributed by atoms with Gasteiger partial charge in [0, 0.05) is 19.2 Å². The lowest BCUT2D eigenvalue weighted by molar-refractivity contribution is -0.131. The van der Waals surface area contributed by atoms with Crippen LogP contribution in [-0.2, 0) is 11.3 Å². The van der Waals surface area contributed by atoms with Crippen LogP contribution in [0.15, 0.2) is 6.07 Å². The van der Waals surface area contributed by atoms with E-state index in [9.17, 15) is 13.2 Å². The monoisotopic (exact) mass is 264 g/mol. The molecule has 18 heavy (non-hydrogen) atoms. The van der Waals surface area contributed by atoms with Crippen LogP contribution in [0.4, 0.5) is 24.8 Å². The van der Waals surface area contributed by atoms with E-state index in [0.717, 1.165) is 0 Å². The minimum absolute atomic E-state index is 0.176. The molecule has 0 unspecified atom stereocenters. The van der Waals surface area contributed by atoms with Gasteiger partial charge in [-0.2, -0.15) is 13.2 Å². The summed E-state index contributed by atoms with van der Waals surface area (Å²) in [6.45, 7) is 2.23. The number of nitrogens with two attached hydrogens (primary N) is 1. The number of rotatable bonds is 6. The van der Waals surface area contributed by atoms with Gasteiger partial charge in [0.05, 0.1) is 6.42 Å². The summed E-state index contributed by atoms with van der Waals surface area (Å²) in [4.78, 5) is 7.90. The number of alkyl halides is 3. The molecular weight excluding hydrogens is 249 g/mol. The Hall–Kier alpha value is -1.57. The fourth-order valence-corrected chi connectivity index (χ4v) is 1.20. The molecule has 0 spiro atoms. The molecule has 1 rings (SSSR count). The van der Waals surface area contributed by atoms with Crippen molar-refractivity contribution in [1.82, 2.24) is 9.97 Å². The zero-order chi connectivity index (χ0) is 13.6. The summed E-state index contributed by atoms with van der Waals surface area (Å²) in [5, 5.41) is 2.55. The second-order valence-corrected chi connectivity index (χ2v) is 3.52. The quantitative estimate of drug-likeness (QED) is 0.821. The number of aromatic nitrogens is 2. The third kappa shape index (κ3) is 5.67. The van der Waals surface area contributed by atoms with Gasteiger partial charge in [-0.3, -0.25) is 0 Å². The molecule has 0 aliphatic rings. The Morgan fingerprint density at radius 1 is 1.39 bits per heavy atom. The van der Waals surface area contributed by atoms with E-state index >= 15 is 0 Å². The maximum absolute atomic E-state index is 12.0. The molecule has 0 saturated heterocycles. The standard InChI is InChI=1S/C10H15F3N4O/c1-2-18-6-9-16-7(14)5-8(17-9)15-4-3-10(11,12)13/h5H,2-4,6H2,1H3,(H3,14,15,16,17). The van der Waals surface area contributed by atoms with Crippen LogP contribution in [0.25, 0.3) is 0 Å². The largest absolute Gasteiger partial charge is 0.390 e. The Bertz CT molecular complexity index is 384. The van der Waals surface area contributed by atoms with E-state index in [1.165, 1.54) is 6.07 Å². The average molecular weight is 264 g/mol. The second-order valence-electron chi connectivity index (χ2n) is 3.52. The lowest BCUT2D eigenvalue weighted by Crippen LogP contribution is -2.16. The molecule has 0 aliphatic carbocycles. The van der Waals surface area contributed by atoms with E-state index in [1.54, 1.807) is 0 Å². The molecule has 5 nitrogen and oxygen atoms in total. The fourth-order valence-electron chi connectivity index (χ4n) is 1.20. The van der Waals surface area contributed by atoms with Crippen LogP contribution in [0, 0.1) is 0 Å². The van der Waals surface area contributed by atoms with Crippen LogP contribution in [-0.4, -0.2) is 29.3 Å². The zero-order valence-electron chi connectivity index (χ0n) is 9.92. The number of nitrogens with zero attached hydrogens (tertiary/aromatic N) is 2. The van der Waals surface area contributed by atoms with Gasteiger partial charge in [0.15, 0.2) is 5.82 Å². The molecule has 0 aliphatic heterocycles. The van der Waals surface area contributed by atoms with E-state index in [4.69, 9.17) is 10.5 Å². The predicted molar refractivity (Wildman–Crippen MR) is 60.9 cm³/mol. The van der Waals surface area contributed by atoms with E-state index in [0.29, 0.717) is 12.4 Å². The SMILES string of the molecule is CCOCc1nc(N)cc(NCCC(F)(F)F)n1. The number of hydrogen-bond donors (Lipinski definition) is 2. The molecule has 0 fully saturated rings. The highest BCUT2D eigenvalue weighted by molar-refractivity contribution is 5.44. The number of hydrogen-bond acceptors (Lipinski definition) is 5. The first kappa shape index (κ1) is 14.5. The smallest absolute Gasteiger partial charge is 0.384 e. The zero-order valence-corrected chi connectivity index (χ0v) is 9.92. The number of nitrogens with one attached hydrogen (secondary N) is 1. The summed E-state index contributed by atoms with van der Waals surface area (Å²) in [5.41, 5.74) is 5.52. The van der Waals surface area contributed by atoms with Gasteiger partial charge in [-0.25, -0.2) is 9.97 Å². The summed E-state index contributed by atoms with van der Waals surface area (Å²) >= 11 is 0. The third-order valence-corrected chi connectivity index (χ3v) is 1.94. The molecular formula is C10H15F3N4O. The molecule has 1 heterocycles. The molecule has 0 saturated carbocycles. The van der Waals surface area contributed by atoms with E-state index in [-0.39, 0.29) is 24.8 Å². The van der Waals surface area contributed by atoms with Crippen LogP contribution in [0.2, 0.25) is 0 Å². The lowest BCUT2D eigenvalue weighted by atomic mass is 10.4. The highest BCUT2D eigenvalue weighted by atomic mass is 19.4. The van der Waals surface area contributed by atoms with Crippen molar-refractivity contribution in [3.05, 3.63) is 11.9 Å². The van der Waals surface area contributed by atoms with Gasteiger partial charge in [0.2, 0.25) is 0 Å². The molecule has 0 atom stereocenters. The highest BCUT2D eigenvalue weighted by Gasteiger charge is 2.26. The summed E-state index contributed by atoms with van der Waals surface area (Å²) in [5.74, 6) is 0.794. The average Bonchev–Trinajstić information content (AvgIpc) is 2.24. The first-order chi connectivity index (χ1) is 8.40. The molecule has 0 aromatic carbocycles. The third-order valence-electron chi connectivity index (χ3n) is 1.94. The van der Waals surface area contributed by atoms with Crippen molar-refractivity contribution >= 4 is 11.6 Å². The van der Waals surface area contributed by atoms with Crippen molar-refractivity contribution in [2.75, 3.05) is 24.2 Å². The Morgan fingerprint density at radius 2 is 2.11 bits per heavy atom. The molecule has 102 valence electrons. The van der Waals surface area contributed by atoms with E-state index in [2.05, 4.69) is 15.3 Å². The number of anilines is 2. The van der Waals surface area contributed by atoms with Crippen LogP contribution >= 0.6 is 0 Å². The van der Waals surface area contributed by atoms with Crippen LogP contribution in [0.3, 0.4) is 0 Å². The minimum atomic E-state index is -4.19. The molecule has 3 N–H and O–H groups in total. The predicted octanol–water partition coefficient (Wildman–Crippen LogP) is 1.96. The van der Waals surface area contributed by atoms with Gasteiger partial charge in [-0.15, -0.1) is 0 Å². The Morgan fingerprint density at radius 3 is 2.72 bits per heavy atom. The molecule has 0 radical (unpaired) electrons. The van der Waals surface area contributed by atoms with Gasteiger partial charge in [-0.05, 0) is 6.92 Å². The summed E-state index contributed by atoms with van der Waals surface area (Å²) in [6, 6.07) is 1.38. The van der Waals surface area contributed by atoms with Crippen molar-refractivity contribution in [1.29, 1.82) is 0 Å². The first-order valence-electron chi connectivity index (χ1n) is 5.42. The van der Waals surface area contributed by atoms with Crippen molar-refractivity contribution in [3.63, 3.8) is 0 Å². The Kier molecular flexibility index (Phi) is 5.14. The Balaban J connectivity index is 2.57. The normalized spacial score (nSPS) is 11.6. The second kappa shape index (κ2) is 6.39. The molecule has 0 bridgehead atoms. The van der Waals surface area contributed by atoms with Gasteiger partial charge >= 0.3 is 6.18 Å². The number of nitrogen functional groups attached to an aromatic ring is 1. The van der Waals surface area contributed by atoms with Gasteiger partial charge in [-0.1, -0.05) is 0 Å². The van der Waals surface area contributed by atoms with Gasteiger partial charge in [0.25, 0.3) is 0 Å². The van der Waals surface area contributed by atoms with Crippen LogP contribution < -0.4 is 11.1 Å². The molecule has 8 heteroatoms. The van der Waals surface area contributed by atoms with Crippen molar-refractivity contribution in [2.45, 2.75) is 26.1 Å². The Labute approximate surface area is 103 Å².